The maximum absolute atomic E-state index is 2.48. The molecular weight excluding hydrogens is 599 g/mol. The summed E-state index contributed by atoms with van der Waals surface area (Å²) in [7, 11) is 0. The molecule has 9 aromatic rings. The van der Waals surface area contributed by atoms with E-state index in [9.17, 15) is 0 Å². The van der Waals surface area contributed by atoms with Crippen molar-refractivity contribution in [1.82, 2.24) is 0 Å². The van der Waals surface area contributed by atoms with E-state index in [0.29, 0.717) is 0 Å². The van der Waals surface area contributed by atoms with Gasteiger partial charge in [-0.2, -0.15) is 0 Å². The zero-order chi connectivity index (χ0) is 31.9. The van der Waals surface area contributed by atoms with E-state index >= 15 is 0 Å². The Labute approximate surface area is 284 Å². The summed E-state index contributed by atoms with van der Waals surface area (Å²) < 4.78 is 2.60. The first-order valence-corrected chi connectivity index (χ1v) is 17.2. The number of benzene rings is 8. The summed E-state index contributed by atoms with van der Waals surface area (Å²) in [4.78, 5) is 2.48. The third-order valence-corrected chi connectivity index (χ3v) is 10.4. The average molecular weight is 630 g/mol. The lowest BCUT2D eigenvalue weighted by atomic mass is 9.93. The second-order valence-electron chi connectivity index (χ2n) is 12.1. The van der Waals surface area contributed by atoms with E-state index in [-0.39, 0.29) is 0 Å². The second-order valence-corrected chi connectivity index (χ2v) is 13.2. The Morgan fingerprint density at radius 2 is 0.938 bits per heavy atom. The average Bonchev–Trinajstić information content (AvgIpc) is 3.54. The molecule has 0 aliphatic rings. The Morgan fingerprint density at radius 3 is 1.75 bits per heavy atom. The van der Waals surface area contributed by atoms with Gasteiger partial charge in [-0.1, -0.05) is 152 Å². The summed E-state index contributed by atoms with van der Waals surface area (Å²) in [6.45, 7) is 0. The van der Waals surface area contributed by atoms with Gasteiger partial charge in [-0.15, -0.1) is 11.3 Å². The first kappa shape index (κ1) is 28.3. The molecule has 1 aromatic heterocycles. The molecule has 8 aromatic carbocycles. The van der Waals surface area contributed by atoms with E-state index in [2.05, 4.69) is 193 Å². The van der Waals surface area contributed by atoms with Crippen molar-refractivity contribution < 1.29 is 0 Å². The van der Waals surface area contributed by atoms with E-state index in [4.69, 9.17) is 0 Å². The topological polar surface area (TPSA) is 3.24 Å². The number of fused-ring (bicyclic) bond motifs is 4. The molecule has 0 bridgehead atoms. The molecule has 9 rings (SSSR count). The maximum atomic E-state index is 2.48. The van der Waals surface area contributed by atoms with Crippen molar-refractivity contribution in [2.24, 2.45) is 0 Å². The molecule has 0 aliphatic carbocycles. The molecule has 0 atom stereocenters. The van der Waals surface area contributed by atoms with E-state index in [1.807, 2.05) is 11.3 Å². The van der Waals surface area contributed by atoms with Crippen molar-refractivity contribution in [2.75, 3.05) is 4.90 Å². The fraction of sp³-hybridized carbons (Fsp3) is 0. The summed E-state index contributed by atoms with van der Waals surface area (Å²) in [5.41, 5.74) is 10.5. The number of hydrogen-bond acceptors (Lipinski definition) is 2. The third kappa shape index (κ3) is 4.95. The van der Waals surface area contributed by atoms with Gasteiger partial charge in [0.2, 0.25) is 0 Å². The molecule has 0 saturated carbocycles. The van der Waals surface area contributed by atoms with Crippen molar-refractivity contribution >= 4 is 59.3 Å². The van der Waals surface area contributed by atoms with Crippen molar-refractivity contribution in [1.29, 1.82) is 0 Å². The highest BCUT2D eigenvalue weighted by Gasteiger charge is 2.22. The van der Waals surface area contributed by atoms with Crippen LogP contribution in [0, 0.1) is 0 Å². The Hall–Kier alpha value is -5.96. The van der Waals surface area contributed by atoms with Crippen LogP contribution in [0.15, 0.2) is 188 Å². The van der Waals surface area contributed by atoms with Crippen molar-refractivity contribution in [3.05, 3.63) is 188 Å². The fourth-order valence-electron chi connectivity index (χ4n) is 7.01. The van der Waals surface area contributed by atoms with E-state index in [0.717, 1.165) is 17.1 Å². The van der Waals surface area contributed by atoms with Gasteiger partial charge in [0.1, 0.15) is 0 Å². The van der Waals surface area contributed by atoms with E-state index in [1.165, 1.54) is 64.3 Å². The predicted octanol–water partition coefficient (Wildman–Crippen LogP) is 13.7. The Morgan fingerprint density at radius 1 is 0.333 bits per heavy atom. The van der Waals surface area contributed by atoms with Crippen LogP contribution in [0.4, 0.5) is 17.1 Å². The van der Waals surface area contributed by atoms with Crippen LogP contribution in [0.5, 0.6) is 0 Å². The van der Waals surface area contributed by atoms with E-state index in [1.54, 1.807) is 0 Å². The first-order valence-electron chi connectivity index (χ1n) is 16.4. The number of nitrogens with zero attached hydrogens (tertiary/aromatic N) is 1. The molecule has 48 heavy (non-hydrogen) atoms. The highest BCUT2D eigenvalue weighted by Crippen LogP contribution is 2.48. The van der Waals surface area contributed by atoms with Crippen molar-refractivity contribution in [3.63, 3.8) is 0 Å². The highest BCUT2D eigenvalue weighted by molar-refractivity contribution is 7.25. The van der Waals surface area contributed by atoms with Crippen LogP contribution in [0.3, 0.4) is 0 Å². The molecule has 1 nitrogen and oxygen atoms in total. The molecule has 0 radical (unpaired) electrons. The van der Waals surface area contributed by atoms with E-state index < -0.39 is 0 Å². The lowest BCUT2D eigenvalue weighted by molar-refractivity contribution is 1.29. The summed E-state index contributed by atoms with van der Waals surface area (Å²) in [6.07, 6.45) is 0. The van der Waals surface area contributed by atoms with Gasteiger partial charge in [0.25, 0.3) is 0 Å². The van der Waals surface area contributed by atoms with Crippen LogP contribution in [0.1, 0.15) is 0 Å². The standard InChI is InChI=1S/C46H31NS/c1-3-14-33(15-4-1)39-21-9-11-24-43(39)47(36-27-29-46-42(31-36)41-22-10-12-25-45(41)48-46)44-30-35(26-28-40(44)34-16-5-2-6-17-34)38-23-13-19-32-18-7-8-20-37(32)38/h1-31H. The monoisotopic (exact) mass is 629 g/mol. The van der Waals surface area contributed by atoms with Crippen LogP contribution in [-0.4, -0.2) is 0 Å². The summed E-state index contributed by atoms with van der Waals surface area (Å²) >= 11 is 1.86. The molecule has 226 valence electrons. The summed E-state index contributed by atoms with van der Waals surface area (Å²) in [5.74, 6) is 0. The Balaban J connectivity index is 1.37. The number of anilines is 3. The maximum Gasteiger partial charge on any atom is 0.0546 e. The largest absolute Gasteiger partial charge is 0.309 e. The van der Waals surface area contributed by atoms with Gasteiger partial charge < -0.3 is 4.90 Å². The van der Waals surface area contributed by atoms with Gasteiger partial charge in [0.05, 0.1) is 11.4 Å². The zero-order valence-corrected chi connectivity index (χ0v) is 27.1. The molecule has 2 heteroatoms. The lowest BCUT2D eigenvalue weighted by Crippen LogP contribution is -2.12. The molecule has 1 heterocycles. The first-order chi connectivity index (χ1) is 23.8. The van der Waals surface area contributed by atoms with Gasteiger partial charge in [0.15, 0.2) is 0 Å². The third-order valence-electron chi connectivity index (χ3n) is 9.27. The normalized spacial score (nSPS) is 11.3. The SMILES string of the molecule is c1ccc(-c2ccccc2N(c2ccc3sc4ccccc4c3c2)c2cc(-c3cccc4ccccc34)ccc2-c2ccccc2)cc1. The molecule has 0 N–H and O–H groups in total. The zero-order valence-electron chi connectivity index (χ0n) is 26.3. The van der Waals surface area contributed by atoms with Gasteiger partial charge >= 0.3 is 0 Å². The molecule has 0 amide bonds. The minimum atomic E-state index is 1.13. The number of hydrogen-bond donors (Lipinski definition) is 0. The molecule has 0 fully saturated rings. The van der Waals surface area contributed by atoms with Crippen LogP contribution in [0.25, 0.3) is 64.3 Å². The molecule has 0 saturated heterocycles. The van der Waals surface area contributed by atoms with Gasteiger partial charge in [0, 0.05) is 37.0 Å². The summed E-state index contributed by atoms with van der Waals surface area (Å²) in [6, 6.07) is 68.3. The Kier molecular flexibility index (Phi) is 7.07. The van der Waals surface area contributed by atoms with Gasteiger partial charge in [-0.05, 0) is 69.4 Å². The fourth-order valence-corrected chi connectivity index (χ4v) is 8.10. The van der Waals surface area contributed by atoms with Crippen molar-refractivity contribution in [3.8, 4) is 33.4 Å². The van der Waals surface area contributed by atoms with Crippen LogP contribution in [0.2, 0.25) is 0 Å². The molecule has 0 aliphatic heterocycles. The molecule has 0 unspecified atom stereocenters. The molecule has 0 spiro atoms. The van der Waals surface area contributed by atoms with Gasteiger partial charge in [-0.25, -0.2) is 0 Å². The smallest absolute Gasteiger partial charge is 0.0546 e. The second kappa shape index (κ2) is 12.0. The van der Waals surface area contributed by atoms with Crippen molar-refractivity contribution in [2.45, 2.75) is 0 Å². The lowest BCUT2D eigenvalue weighted by Gasteiger charge is -2.30. The quantitative estimate of drug-likeness (QED) is 0.177. The van der Waals surface area contributed by atoms with Crippen LogP contribution in [-0.2, 0) is 0 Å². The highest BCUT2D eigenvalue weighted by atomic mass is 32.1. The Bertz CT molecular complexity index is 2560. The minimum Gasteiger partial charge on any atom is -0.309 e. The van der Waals surface area contributed by atoms with Crippen LogP contribution >= 0.6 is 11.3 Å². The van der Waals surface area contributed by atoms with Crippen LogP contribution < -0.4 is 4.90 Å². The van der Waals surface area contributed by atoms with Gasteiger partial charge in [-0.3, -0.25) is 0 Å². The minimum absolute atomic E-state index is 1.13. The predicted molar refractivity (Wildman–Crippen MR) is 208 cm³/mol. The number of rotatable bonds is 6. The number of para-hydroxylation sites is 1. The summed E-state index contributed by atoms with van der Waals surface area (Å²) in [5, 5.41) is 5.07. The number of thiophene rings is 1. The molecular formula is C46H31NS.